The van der Waals surface area contributed by atoms with Crippen molar-refractivity contribution in [2.75, 3.05) is 18.4 Å². The lowest BCUT2D eigenvalue weighted by atomic mass is 10.1. The van der Waals surface area contributed by atoms with Crippen LogP contribution < -0.4 is 10.6 Å². The summed E-state index contributed by atoms with van der Waals surface area (Å²) in [5.74, 6) is 0. The Labute approximate surface area is 98.4 Å². The quantitative estimate of drug-likeness (QED) is 0.815. The van der Waals surface area contributed by atoms with Crippen molar-refractivity contribution in [3.05, 3.63) is 29.3 Å². The molecule has 2 heteroatoms. The SMILES string of the molecule is CC(C)(C)NCCc1ccc2c(c1)NCC2. The highest BCUT2D eigenvalue weighted by Crippen LogP contribution is 2.23. The summed E-state index contributed by atoms with van der Waals surface area (Å²) in [4.78, 5) is 0. The second-order valence-electron chi connectivity index (χ2n) is 5.60. The average Bonchev–Trinajstić information content (AvgIpc) is 2.62. The van der Waals surface area contributed by atoms with Crippen molar-refractivity contribution in [1.82, 2.24) is 5.32 Å². The molecule has 0 spiro atoms. The van der Waals surface area contributed by atoms with Gasteiger partial charge in [0.05, 0.1) is 0 Å². The summed E-state index contributed by atoms with van der Waals surface area (Å²) < 4.78 is 0. The van der Waals surface area contributed by atoms with Gasteiger partial charge in [-0.05, 0) is 57.4 Å². The van der Waals surface area contributed by atoms with Crippen LogP contribution in [0.15, 0.2) is 18.2 Å². The Balaban J connectivity index is 1.91. The molecule has 2 nitrogen and oxygen atoms in total. The number of rotatable bonds is 3. The fourth-order valence-electron chi connectivity index (χ4n) is 2.08. The molecule has 1 aromatic rings. The molecule has 88 valence electrons. The molecule has 0 saturated heterocycles. The van der Waals surface area contributed by atoms with Crippen LogP contribution in [0.1, 0.15) is 31.9 Å². The minimum Gasteiger partial charge on any atom is -0.384 e. The maximum Gasteiger partial charge on any atom is 0.0376 e. The Hall–Kier alpha value is -1.02. The Bertz CT molecular complexity index is 363. The molecule has 0 bridgehead atoms. The van der Waals surface area contributed by atoms with Crippen molar-refractivity contribution in [2.24, 2.45) is 0 Å². The summed E-state index contributed by atoms with van der Waals surface area (Å²) in [6.45, 7) is 8.76. The Kier molecular flexibility index (Phi) is 3.20. The van der Waals surface area contributed by atoms with E-state index in [0.29, 0.717) is 0 Å². The zero-order valence-electron chi connectivity index (χ0n) is 10.6. The van der Waals surface area contributed by atoms with E-state index >= 15 is 0 Å². The van der Waals surface area contributed by atoms with Crippen LogP contribution in [0.5, 0.6) is 0 Å². The number of fused-ring (bicyclic) bond motifs is 1. The van der Waals surface area contributed by atoms with Crippen molar-refractivity contribution < 1.29 is 0 Å². The minimum atomic E-state index is 0.217. The van der Waals surface area contributed by atoms with E-state index in [4.69, 9.17) is 0 Å². The van der Waals surface area contributed by atoms with Crippen LogP contribution in [-0.4, -0.2) is 18.6 Å². The maximum absolute atomic E-state index is 3.52. The van der Waals surface area contributed by atoms with Gasteiger partial charge in [0.15, 0.2) is 0 Å². The summed E-state index contributed by atoms with van der Waals surface area (Å²) in [5, 5.41) is 6.94. The fraction of sp³-hybridized carbons (Fsp3) is 0.571. The monoisotopic (exact) mass is 218 g/mol. The number of anilines is 1. The van der Waals surface area contributed by atoms with Gasteiger partial charge >= 0.3 is 0 Å². The Morgan fingerprint density at radius 3 is 2.88 bits per heavy atom. The molecule has 0 unspecified atom stereocenters. The average molecular weight is 218 g/mol. The molecular formula is C14H22N2. The molecule has 2 N–H and O–H groups in total. The van der Waals surface area contributed by atoms with Crippen LogP contribution >= 0.6 is 0 Å². The molecule has 1 aliphatic heterocycles. The predicted molar refractivity (Wildman–Crippen MR) is 70.1 cm³/mol. The molecular weight excluding hydrogens is 196 g/mol. The van der Waals surface area contributed by atoms with E-state index in [1.807, 2.05) is 0 Å². The van der Waals surface area contributed by atoms with Crippen LogP contribution in [0.25, 0.3) is 0 Å². The van der Waals surface area contributed by atoms with Crippen LogP contribution in [0.3, 0.4) is 0 Å². The number of benzene rings is 1. The lowest BCUT2D eigenvalue weighted by Gasteiger charge is -2.20. The highest BCUT2D eigenvalue weighted by molar-refractivity contribution is 5.57. The Morgan fingerprint density at radius 2 is 2.12 bits per heavy atom. The van der Waals surface area contributed by atoms with Gasteiger partial charge in [-0.25, -0.2) is 0 Å². The largest absolute Gasteiger partial charge is 0.384 e. The Morgan fingerprint density at radius 1 is 1.31 bits per heavy atom. The van der Waals surface area contributed by atoms with E-state index in [2.05, 4.69) is 49.6 Å². The molecule has 1 aliphatic rings. The second kappa shape index (κ2) is 4.46. The molecule has 0 fully saturated rings. The normalized spacial score (nSPS) is 14.7. The predicted octanol–water partition coefficient (Wildman–Crippen LogP) is 2.59. The third kappa shape index (κ3) is 2.99. The molecule has 0 aromatic heterocycles. The topological polar surface area (TPSA) is 24.1 Å². The smallest absolute Gasteiger partial charge is 0.0376 e. The standard InChI is InChI=1S/C14H22N2/c1-14(2,3)16-9-6-11-4-5-12-7-8-15-13(12)10-11/h4-5,10,15-16H,6-9H2,1-3H3. The third-order valence-corrected chi connectivity index (χ3v) is 2.95. The summed E-state index contributed by atoms with van der Waals surface area (Å²) in [6.07, 6.45) is 2.28. The van der Waals surface area contributed by atoms with E-state index in [1.54, 1.807) is 0 Å². The maximum atomic E-state index is 3.52. The van der Waals surface area contributed by atoms with E-state index in [-0.39, 0.29) is 5.54 Å². The van der Waals surface area contributed by atoms with Gasteiger partial charge in [0, 0.05) is 17.8 Å². The summed E-state index contributed by atoms with van der Waals surface area (Å²) >= 11 is 0. The van der Waals surface area contributed by atoms with Gasteiger partial charge < -0.3 is 10.6 Å². The highest BCUT2D eigenvalue weighted by Gasteiger charge is 2.11. The molecule has 1 aromatic carbocycles. The molecule has 16 heavy (non-hydrogen) atoms. The highest BCUT2D eigenvalue weighted by atomic mass is 14.9. The number of hydrogen-bond acceptors (Lipinski definition) is 2. The van der Waals surface area contributed by atoms with Gasteiger partial charge in [0.2, 0.25) is 0 Å². The van der Waals surface area contributed by atoms with E-state index in [1.165, 1.54) is 23.2 Å². The van der Waals surface area contributed by atoms with Gasteiger partial charge in [-0.15, -0.1) is 0 Å². The molecule has 0 saturated carbocycles. The number of nitrogens with one attached hydrogen (secondary N) is 2. The zero-order chi connectivity index (χ0) is 11.6. The first-order valence-electron chi connectivity index (χ1n) is 6.15. The van der Waals surface area contributed by atoms with Crippen LogP contribution in [0, 0.1) is 0 Å². The lowest BCUT2D eigenvalue weighted by molar-refractivity contribution is 0.429. The second-order valence-corrected chi connectivity index (χ2v) is 5.60. The first kappa shape index (κ1) is 11.5. The van der Waals surface area contributed by atoms with Crippen molar-refractivity contribution in [3.63, 3.8) is 0 Å². The summed E-state index contributed by atoms with van der Waals surface area (Å²) in [6, 6.07) is 6.82. The van der Waals surface area contributed by atoms with Crippen molar-refractivity contribution in [2.45, 2.75) is 39.2 Å². The third-order valence-electron chi connectivity index (χ3n) is 2.95. The van der Waals surface area contributed by atoms with Crippen LogP contribution in [0.4, 0.5) is 5.69 Å². The first-order valence-corrected chi connectivity index (χ1v) is 6.15. The summed E-state index contributed by atoms with van der Waals surface area (Å²) in [5.41, 5.74) is 4.44. The van der Waals surface area contributed by atoms with E-state index < -0.39 is 0 Å². The fourth-order valence-corrected chi connectivity index (χ4v) is 2.08. The molecule has 2 rings (SSSR count). The minimum absolute atomic E-state index is 0.217. The van der Waals surface area contributed by atoms with Gasteiger partial charge in [0.25, 0.3) is 0 Å². The van der Waals surface area contributed by atoms with Crippen LogP contribution in [0.2, 0.25) is 0 Å². The van der Waals surface area contributed by atoms with Gasteiger partial charge in [-0.2, -0.15) is 0 Å². The zero-order valence-corrected chi connectivity index (χ0v) is 10.6. The molecule has 1 heterocycles. The van der Waals surface area contributed by atoms with E-state index in [9.17, 15) is 0 Å². The van der Waals surface area contributed by atoms with E-state index in [0.717, 1.165) is 19.5 Å². The summed E-state index contributed by atoms with van der Waals surface area (Å²) in [7, 11) is 0. The van der Waals surface area contributed by atoms with Crippen molar-refractivity contribution in [3.8, 4) is 0 Å². The molecule has 0 radical (unpaired) electrons. The van der Waals surface area contributed by atoms with Gasteiger partial charge in [0.1, 0.15) is 0 Å². The lowest BCUT2D eigenvalue weighted by Crippen LogP contribution is -2.37. The van der Waals surface area contributed by atoms with Crippen molar-refractivity contribution >= 4 is 5.69 Å². The van der Waals surface area contributed by atoms with Gasteiger partial charge in [-0.3, -0.25) is 0 Å². The number of hydrogen-bond donors (Lipinski definition) is 2. The molecule has 0 amide bonds. The van der Waals surface area contributed by atoms with Gasteiger partial charge in [-0.1, -0.05) is 12.1 Å². The molecule has 0 atom stereocenters. The first-order chi connectivity index (χ1) is 7.54. The molecule has 0 aliphatic carbocycles. The van der Waals surface area contributed by atoms with Crippen LogP contribution in [-0.2, 0) is 12.8 Å². The van der Waals surface area contributed by atoms with Crippen molar-refractivity contribution in [1.29, 1.82) is 0 Å².